The number of hydrogen-bond acceptors (Lipinski definition) is 4. The fourth-order valence-corrected chi connectivity index (χ4v) is 2.63. The minimum Gasteiger partial charge on any atom is -0.478 e. The molecule has 0 radical (unpaired) electrons. The van der Waals surface area contributed by atoms with Gasteiger partial charge in [-0.05, 0) is 45.7 Å². The van der Waals surface area contributed by atoms with Crippen molar-refractivity contribution in [2.45, 2.75) is 45.8 Å². The summed E-state index contributed by atoms with van der Waals surface area (Å²) in [4.78, 5) is 29.7. The first-order valence-corrected chi connectivity index (χ1v) is 7.53. The molecule has 0 aromatic carbocycles. The first kappa shape index (κ1) is 16.4. The Kier molecular flexibility index (Phi) is 5.13. The van der Waals surface area contributed by atoms with Gasteiger partial charge in [0.2, 0.25) is 0 Å². The summed E-state index contributed by atoms with van der Waals surface area (Å²) < 4.78 is 5.62. The average molecular weight is 306 g/mol. The predicted molar refractivity (Wildman–Crippen MR) is 81.1 cm³/mol. The van der Waals surface area contributed by atoms with Crippen LogP contribution < -0.4 is 0 Å². The minimum atomic E-state index is -1.05. The highest BCUT2D eigenvalue weighted by atomic mass is 16.5. The SMILES string of the molecule is Cc1cc(C(=O)O)cc(C(=O)N2CCC[C@@H]2COC(C)C)n1. The van der Waals surface area contributed by atoms with E-state index in [0.29, 0.717) is 18.8 Å². The van der Waals surface area contributed by atoms with Gasteiger partial charge in [-0.15, -0.1) is 0 Å². The Balaban J connectivity index is 2.18. The number of pyridine rings is 1. The van der Waals surface area contributed by atoms with Crippen LogP contribution in [0.4, 0.5) is 0 Å². The zero-order chi connectivity index (χ0) is 16.3. The van der Waals surface area contributed by atoms with E-state index in [2.05, 4.69) is 4.98 Å². The van der Waals surface area contributed by atoms with Crippen molar-refractivity contribution in [1.29, 1.82) is 0 Å². The molecule has 2 rings (SSSR count). The van der Waals surface area contributed by atoms with Crippen LogP contribution in [-0.4, -0.2) is 52.2 Å². The van der Waals surface area contributed by atoms with Crippen molar-refractivity contribution < 1.29 is 19.4 Å². The third kappa shape index (κ3) is 3.82. The highest BCUT2D eigenvalue weighted by molar-refractivity contribution is 5.96. The molecule has 1 aromatic heterocycles. The summed E-state index contributed by atoms with van der Waals surface area (Å²) in [6.07, 6.45) is 1.94. The van der Waals surface area contributed by atoms with Crippen LogP contribution in [0.25, 0.3) is 0 Å². The van der Waals surface area contributed by atoms with Gasteiger partial charge in [-0.25, -0.2) is 9.78 Å². The third-order valence-corrected chi connectivity index (χ3v) is 3.68. The summed E-state index contributed by atoms with van der Waals surface area (Å²) >= 11 is 0. The molecule has 1 amide bonds. The van der Waals surface area contributed by atoms with E-state index >= 15 is 0 Å². The summed E-state index contributed by atoms with van der Waals surface area (Å²) in [5.41, 5.74) is 0.802. The molecule has 1 atom stereocenters. The van der Waals surface area contributed by atoms with E-state index < -0.39 is 5.97 Å². The maximum absolute atomic E-state index is 12.6. The Morgan fingerprint density at radius 1 is 1.45 bits per heavy atom. The third-order valence-electron chi connectivity index (χ3n) is 3.68. The topological polar surface area (TPSA) is 79.7 Å². The molecular formula is C16H22N2O4. The lowest BCUT2D eigenvalue weighted by atomic mass is 10.1. The van der Waals surface area contributed by atoms with Gasteiger partial charge >= 0.3 is 5.97 Å². The quantitative estimate of drug-likeness (QED) is 0.901. The number of carbonyl (C=O) groups excluding carboxylic acids is 1. The first-order valence-electron chi connectivity index (χ1n) is 7.53. The summed E-state index contributed by atoms with van der Waals surface area (Å²) in [7, 11) is 0. The number of amides is 1. The van der Waals surface area contributed by atoms with Crippen LogP contribution in [0.1, 0.15) is 53.2 Å². The van der Waals surface area contributed by atoms with Gasteiger partial charge in [-0.3, -0.25) is 4.79 Å². The highest BCUT2D eigenvalue weighted by Gasteiger charge is 2.30. The zero-order valence-electron chi connectivity index (χ0n) is 13.2. The van der Waals surface area contributed by atoms with Gasteiger partial charge < -0.3 is 14.7 Å². The van der Waals surface area contributed by atoms with Crippen LogP contribution in [-0.2, 0) is 4.74 Å². The monoisotopic (exact) mass is 306 g/mol. The van der Waals surface area contributed by atoms with Crippen molar-refractivity contribution in [2.75, 3.05) is 13.2 Å². The first-order chi connectivity index (χ1) is 10.4. The second-order valence-corrected chi connectivity index (χ2v) is 5.86. The summed E-state index contributed by atoms with van der Waals surface area (Å²) in [6, 6.07) is 2.84. The van der Waals surface area contributed by atoms with E-state index in [1.54, 1.807) is 11.8 Å². The lowest BCUT2D eigenvalue weighted by Crippen LogP contribution is -2.39. The Labute approximate surface area is 130 Å². The number of hydrogen-bond donors (Lipinski definition) is 1. The van der Waals surface area contributed by atoms with Gasteiger partial charge in [0.1, 0.15) is 5.69 Å². The number of carboxylic acids is 1. The number of likely N-dealkylation sites (tertiary alicyclic amines) is 1. The number of ether oxygens (including phenoxy) is 1. The van der Waals surface area contributed by atoms with Crippen molar-refractivity contribution in [2.24, 2.45) is 0 Å². The van der Waals surface area contributed by atoms with Crippen LogP contribution in [0.3, 0.4) is 0 Å². The van der Waals surface area contributed by atoms with Crippen molar-refractivity contribution in [3.05, 3.63) is 29.1 Å². The molecule has 1 fully saturated rings. The molecule has 1 aliphatic heterocycles. The van der Waals surface area contributed by atoms with Gasteiger partial charge in [-0.1, -0.05) is 0 Å². The summed E-state index contributed by atoms with van der Waals surface area (Å²) in [6.45, 7) is 6.77. The number of nitrogens with zero attached hydrogens (tertiary/aromatic N) is 2. The molecule has 0 bridgehead atoms. The van der Waals surface area contributed by atoms with Crippen molar-refractivity contribution in [1.82, 2.24) is 9.88 Å². The molecule has 6 heteroatoms. The Hall–Kier alpha value is -1.95. The number of carboxylic acid groups (broad SMARTS) is 1. The lowest BCUT2D eigenvalue weighted by Gasteiger charge is -2.25. The lowest BCUT2D eigenvalue weighted by molar-refractivity contribution is 0.0323. The molecule has 0 saturated carbocycles. The van der Waals surface area contributed by atoms with E-state index in [1.165, 1.54) is 12.1 Å². The number of aryl methyl sites for hydroxylation is 1. The molecule has 0 unspecified atom stereocenters. The highest BCUT2D eigenvalue weighted by Crippen LogP contribution is 2.21. The van der Waals surface area contributed by atoms with Gasteiger partial charge in [0.25, 0.3) is 5.91 Å². The van der Waals surface area contributed by atoms with E-state index in [1.807, 2.05) is 13.8 Å². The van der Waals surface area contributed by atoms with Gasteiger partial charge in [0.05, 0.1) is 24.3 Å². The molecule has 1 N–H and O–H groups in total. The number of rotatable bonds is 5. The van der Waals surface area contributed by atoms with Crippen LogP contribution in [0.5, 0.6) is 0 Å². The average Bonchev–Trinajstić information content (AvgIpc) is 2.91. The van der Waals surface area contributed by atoms with E-state index in [9.17, 15) is 9.59 Å². The smallest absolute Gasteiger partial charge is 0.335 e. The van der Waals surface area contributed by atoms with E-state index in [-0.39, 0.29) is 29.3 Å². The maximum atomic E-state index is 12.6. The molecule has 0 aliphatic carbocycles. The van der Waals surface area contributed by atoms with Gasteiger partial charge in [-0.2, -0.15) is 0 Å². The summed E-state index contributed by atoms with van der Waals surface area (Å²) in [5, 5.41) is 9.11. The van der Waals surface area contributed by atoms with Crippen LogP contribution in [0.2, 0.25) is 0 Å². The molecule has 1 aliphatic rings. The fourth-order valence-electron chi connectivity index (χ4n) is 2.63. The van der Waals surface area contributed by atoms with Crippen molar-refractivity contribution >= 4 is 11.9 Å². The van der Waals surface area contributed by atoms with Gasteiger partial charge in [0, 0.05) is 12.2 Å². The number of aromatic nitrogens is 1. The second-order valence-electron chi connectivity index (χ2n) is 5.86. The Bertz CT molecular complexity index is 571. The van der Waals surface area contributed by atoms with Crippen molar-refractivity contribution in [3.8, 4) is 0 Å². The number of carbonyl (C=O) groups is 2. The Morgan fingerprint density at radius 3 is 2.82 bits per heavy atom. The molecule has 0 spiro atoms. The summed E-state index contributed by atoms with van der Waals surface area (Å²) in [5.74, 6) is -1.28. The molecule has 1 saturated heterocycles. The zero-order valence-corrected chi connectivity index (χ0v) is 13.2. The molecule has 22 heavy (non-hydrogen) atoms. The number of aromatic carboxylic acids is 1. The molecule has 1 aromatic rings. The van der Waals surface area contributed by atoms with Gasteiger partial charge in [0.15, 0.2) is 0 Å². The molecular weight excluding hydrogens is 284 g/mol. The molecule has 6 nitrogen and oxygen atoms in total. The Morgan fingerprint density at radius 2 is 2.18 bits per heavy atom. The van der Waals surface area contributed by atoms with E-state index in [4.69, 9.17) is 9.84 Å². The second kappa shape index (κ2) is 6.87. The molecule has 120 valence electrons. The normalized spacial score (nSPS) is 18.0. The van der Waals surface area contributed by atoms with Crippen LogP contribution in [0.15, 0.2) is 12.1 Å². The van der Waals surface area contributed by atoms with Crippen LogP contribution >= 0.6 is 0 Å². The molecule has 2 heterocycles. The van der Waals surface area contributed by atoms with E-state index in [0.717, 1.165) is 12.8 Å². The van der Waals surface area contributed by atoms with Crippen LogP contribution in [0, 0.1) is 6.92 Å². The standard InChI is InChI=1S/C16H22N2O4/c1-10(2)22-9-13-5-4-6-18(13)15(19)14-8-12(16(20)21)7-11(3)17-14/h7-8,10,13H,4-6,9H2,1-3H3,(H,20,21)/t13-/m1/s1. The largest absolute Gasteiger partial charge is 0.478 e. The minimum absolute atomic E-state index is 0.0329. The van der Waals surface area contributed by atoms with Crippen molar-refractivity contribution in [3.63, 3.8) is 0 Å². The fraction of sp³-hybridized carbons (Fsp3) is 0.562. The maximum Gasteiger partial charge on any atom is 0.335 e. The predicted octanol–water partition coefficient (Wildman–Crippen LogP) is 2.12.